The van der Waals surface area contributed by atoms with Crippen LogP contribution in [0.4, 0.5) is 13.2 Å². The minimum Gasteiger partial charge on any atom is -0.204 e. The van der Waals surface area contributed by atoms with E-state index in [4.69, 9.17) is 11.6 Å². The first kappa shape index (κ1) is 9.48. The Morgan fingerprint density at radius 1 is 1.17 bits per heavy atom. The van der Waals surface area contributed by atoms with Gasteiger partial charge in [-0.05, 0) is 12.1 Å². The number of hydrogen-bond donors (Lipinski definition) is 0. The third-order valence-corrected chi connectivity index (χ3v) is 1.66. The van der Waals surface area contributed by atoms with Crippen molar-refractivity contribution in [3.05, 3.63) is 35.1 Å². The van der Waals surface area contributed by atoms with Crippen molar-refractivity contribution < 1.29 is 13.2 Å². The predicted octanol–water partition coefficient (Wildman–Crippen LogP) is 3.02. The van der Waals surface area contributed by atoms with Gasteiger partial charge in [0.05, 0.1) is 0 Å². The number of benzene rings is 1. The van der Waals surface area contributed by atoms with E-state index in [1.807, 2.05) is 0 Å². The molecule has 12 heavy (non-hydrogen) atoms. The van der Waals surface area contributed by atoms with Crippen LogP contribution in [0.25, 0.3) is 0 Å². The molecule has 1 aromatic rings. The fourth-order valence-electron chi connectivity index (χ4n) is 0.669. The Morgan fingerprint density at radius 2 is 1.58 bits per heavy atom. The summed E-state index contributed by atoms with van der Waals surface area (Å²) in [5.74, 6) is -4.12. The maximum Gasteiger partial charge on any atom is 0.194 e. The van der Waals surface area contributed by atoms with Crippen molar-refractivity contribution in [2.75, 3.05) is 0 Å². The van der Waals surface area contributed by atoms with Crippen LogP contribution in [0.1, 0.15) is 5.56 Å². The average Bonchev–Trinajstić information content (AvgIpc) is 1.99. The van der Waals surface area contributed by atoms with Crippen molar-refractivity contribution in [3.8, 4) is 0 Å². The molecule has 0 amide bonds. The van der Waals surface area contributed by atoms with E-state index < -0.39 is 17.5 Å². The van der Waals surface area contributed by atoms with Crippen LogP contribution in [-0.2, 0) is 0 Å². The highest BCUT2D eigenvalue weighted by Gasteiger charge is 2.11. The van der Waals surface area contributed by atoms with Gasteiger partial charge in [0.2, 0.25) is 0 Å². The topological polar surface area (TPSA) is 0 Å². The van der Waals surface area contributed by atoms with Crippen LogP contribution in [0.5, 0.6) is 0 Å². The van der Waals surface area contributed by atoms with Gasteiger partial charge in [0.15, 0.2) is 17.5 Å². The Hall–Kier alpha value is -0.610. The summed E-state index contributed by atoms with van der Waals surface area (Å²) in [4.78, 5) is 0. The molecule has 0 bridgehead atoms. The molecule has 0 aliphatic carbocycles. The van der Waals surface area contributed by atoms with Gasteiger partial charge < -0.3 is 0 Å². The third-order valence-electron chi connectivity index (χ3n) is 1.21. The van der Waals surface area contributed by atoms with Crippen LogP contribution >= 0.6 is 23.8 Å². The molecule has 0 aliphatic rings. The first-order valence-electron chi connectivity index (χ1n) is 2.86. The van der Waals surface area contributed by atoms with E-state index >= 15 is 0 Å². The molecule has 0 fully saturated rings. The Labute approximate surface area is 77.0 Å². The second kappa shape index (κ2) is 3.41. The van der Waals surface area contributed by atoms with Gasteiger partial charge in [-0.15, -0.1) is 0 Å². The Bertz CT molecular complexity index is 314. The van der Waals surface area contributed by atoms with Gasteiger partial charge in [0.1, 0.15) is 4.32 Å². The van der Waals surface area contributed by atoms with Gasteiger partial charge in [-0.25, -0.2) is 13.2 Å². The Kier molecular flexibility index (Phi) is 2.69. The lowest BCUT2D eigenvalue weighted by Gasteiger charge is -1.98. The summed E-state index contributed by atoms with van der Waals surface area (Å²) in [6, 6.07) is 1.49. The fourth-order valence-corrected chi connectivity index (χ4v) is 0.896. The largest absolute Gasteiger partial charge is 0.204 e. The molecule has 1 aromatic carbocycles. The lowest BCUT2D eigenvalue weighted by Crippen LogP contribution is -1.96. The zero-order valence-electron chi connectivity index (χ0n) is 5.57. The van der Waals surface area contributed by atoms with Gasteiger partial charge in [-0.3, -0.25) is 0 Å². The zero-order chi connectivity index (χ0) is 9.30. The summed E-state index contributed by atoms with van der Waals surface area (Å²) in [5, 5.41) is 0. The molecule has 0 aliphatic heterocycles. The Balaban J connectivity index is 3.31. The highest BCUT2D eigenvalue weighted by molar-refractivity contribution is 7.83. The van der Waals surface area contributed by atoms with Gasteiger partial charge in [-0.2, -0.15) is 0 Å². The standard InChI is InChI=1S/C7H2ClF3S/c8-7(12)3-1-4(9)6(11)5(10)2-3/h1-2H. The number of halogens is 4. The van der Waals surface area contributed by atoms with Crippen molar-refractivity contribution >= 4 is 28.1 Å². The quantitative estimate of drug-likeness (QED) is 0.390. The molecule has 0 saturated heterocycles. The van der Waals surface area contributed by atoms with Crippen molar-refractivity contribution in [1.82, 2.24) is 0 Å². The highest BCUT2D eigenvalue weighted by Crippen LogP contribution is 2.15. The molecule has 0 aromatic heterocycles. The normalized spacial score (nSPS) is 10.0. The third kappa shape index (κ3) is 1.76. The molecule has 0 saturated carbocycles. The highest BCUT2D eigenvalue weighted by atomic mass is 35.5. The van der Waals surface area contributed by atoms with Gasteiger partial charge in [0, 0.05) is 5.56 Å². The van der Waals surface area contributed by atoms with Gasteiger partial charge in [-0.1, -0.05) is 23.8 Å². The second-order valence-corrected chi connectivity index (χ2v) is 3.04. The lowest BCUT2D eigenvalue weighted by molar-refractivity contribution is 0.447. The van der Waals surface area contributed by atoms with Crippen LogP contribution in [-0.4, -0.2) is 4.32 Å². The van der Waals surface area contributed by atoms with E-state index in [1.165, 1.54) is 0 Å². The van der Waals surface area contributed by atoms with E-state index in [1.54, 1.807) is 0 Å². The summed E-state index contributed by atoms with van der Waals surface area (Å²) >= 11 is 9.71. The molecule has 1 rings (SSSR count). The van der Waals surface area contributed by atoms with Crippen LogP contribution in [0, 0.1) is 17.5 Å². The molecule has 0 heterocycles. The maximum absolute atomic E-state index is 12.5. The summed E-state index contributed by atoms with van der Waals surface area (Å²) in [7, 11) is 0. The van der Waals surface area contributed by atoms with E-state index in [0.717, 1.165) is 12.1 Å². The molecule has 5 heteroatoms. The SMILES string of the molecule is Fc1cc(C(=S)Cl)cc(F)c1F. The van der Waals surface area contributed by atoms with Crippen LogP contribution in [0.2, 0.25) is 0 Å². The smallest absolute Gasteiger partial charge is 0.194 e. The van der Waals surface area contributed by atoms with Crippen LogP contribution < -0.4 is 0 Å². The molecule has 0 nitrogen and oxygen atoms in total. The number of thiocarbonyl (C=S) groups is 1. The van der Waals surface area contributed by atoms with Crippen molar-refractivity contribution in [2.24, 2.45) is 0 Å². The summed E-state index contributed by atoms with van der Waals surface area (Å²) in [5.41, 5.74) is -0.0388. The van der Waals surface area contributed by atoms with E-state index in [9.17, 15) is 13.2 Å². The first-order valence-corrected chi connectivity index (χ1v) is 3.65. The second-order valence-electron chi connectivity index (χ2n) is 2.03. The predicted molar refractivity (Wildman–Crippen MR) is 43.9 cm³/mol. The van der Waals surface area contributed by atoms with E-state index in [-0.39, 0.29) is 9.89 Å². The molecule has 0 atom stereocenters. The fraction of sp³-hybridized carbons (Fsp3) is 0. The summed E-state index contributed by atoms with van der Waals surface area (Å²) in [6.07, 6.45) is 0. The minimum atomic E-state index is -1.52. The molecular weight excluding hydrogens is 209 g/mol. The number of rotatable bonds is 1. The molecule has 0 N–H and O–H groups in total. The van der Waals surface area contributed by atoms with E-state index in [0.29, 0.717) is 0 Å². The van der Waals surface area contributed by atoms with Crippen molar-refractivity contribution in [3.63, 3.8) is 0 Å². The van der Waals surface area contributed by atoms with Crippen LogP contribution in [0.3, 0.4) is 0 Å². The first-order chi connectivity index (χ1) is 5.52. The lowest BCUT2D eigenvalue weighted by atomic mass is 10.2. The van der Waals surface area contributed by atoms with Gasteiger partial charge in [0.25, 0.3) is 0 Å². The van der Waals surface area contributed by atoms with Crippen molar-refractivity contribution in [2.45, 2.75) is 0 Å². The molecule has 64 valence electrons. The van der Waals surface area contributed by atoms with Crippen molar-refractivity contribution in [1.29, 1.82) is 0 Å². The molecule has 0 radical (unpaired) electrons. The maximum atomic E-state index is 12.5. The molecular formula is C7H2ClF3S. The molecule has 0 unspecified atom stereocenters. The Morgan fingerprint density at radius 3 is 1.92 bits per heavy atom. The van der Waals surface area contributed by atoms with E-state index in [2.05, 4.69) is 12.2 Å². The monoisotopic (exact) mass is 210 g/mol. The minimum absolute atomic E-state index is 0.0388. The zero-order valence-corrected chi connectivity index (χ0v) is 7.15. The van der Waals surface area contributed by atoms with Crippen LogP contribution in [0.15, 0.2) is 12.1 Å². The molecule has 0 spiro atoms. The average molecular weight is 211 g/mol. The number of hydrogen-bond acceptors (Lipinski definition) is 1. The summed E-state index contributed by atoms with van der Waals surface area (Å²) < 4.78 is 37.1. The van der Waals surface area contributed by atoms with Gasteiger partial charge >= 0.3 is 0 Å². The summed E-state index contributed by atoms with van der Waals surface area (Å²) in [6.45, 7) is 0.